The van der Waals surface area contributed by atoms with E-state index in [-0.39, 0.29) is 18.0 Å². The predicted octanol–water partition coefficient (Wildman–Crippen LogP) is 2.12. The average molecular weight is 420 g/mol. The van der Waals surface area contributed by atoms with Crippen molar-refractivity contribution in [3.8, 4) is 0 Å². The minimum atomic E-state index is -0.441. The fourth-order valence-electron chi connectivity index (χ4n) is 3.25. The number of thioether (sulfide) groups is 1. The molecule has 0 aliphatic carbocycles. The third kappa shape index (κ3) is 3.99. The Hall–Kier alpha value is -3.39. The van der Waals surface area contributed by atoms with E-state index in [1.54, 1.807) is 19.3 Å². The number of nitrogens with one attached hydrogen (secondary N) is 1. The number of aromatic nitrogens is 3. The van der Waals surface area contributed by atoms with E-state index in [0.717, 1.165) is 11.1 Å². The molecule has 0 fully saturated rings. The lowest BCUT2D eigenvalue weighted by Gasteiger charge is -2.20. The maximum Gasteiger partial charge on any atom is 0.335 e. The van der Waals surface area contributed by atoms with Crippen molar-refractivity contribution in [2.75, 3.05) is 0 Å². The SMILES string of the molecule is Cc1c2n(c(=O)n(Cc3ccccc3)c1=O)C=C(C(=O)NCc1ccncc1)SC2. The summed E-state index contributed by atoms with van der Waals surface area (Å²) in [7, 11) is 0. The van der Waals surface area contributed by atoms with E-state index in [4.69, 9.17) is 0 Å². The molecule has 0 saturated heterocycles. The molecule has 2 aromatic heterocycles. The minimum absolute atomic E-state index is 0.185. The summed E-state index contributed by atoms with van der Waals surface area (Å²) in [4.78, 5) is 42.9. The van der Waals surface area contributed by atoms with E-state index in [1.165, 1.54) is 27.1 Å². The van der Waals surface area contributed by atoms with Gasteiger partial charge in [-0.3, -0.25) is 23.7 Å². The first-order valence-electron chi connectivity index (χ1n) is 9.45. The fourth-order valence-corrected chi connectivity index (χ4v) is 4.28. The first kappa shape index (κ1) is 19.9. The minimum Gasteiger partial charge on any atom is -0.347 e. The van der Waals surface area contributed by atoms with Crippen molar-refractivity contribution in [1.82, 2.24) is 19.4 Å². The quantitative estimate of drug-likeness (QED) is 0.683. The molecule has 4 rings (SSSR count). The van der Waals surface area contributed by atoms with Crippen molar-refractivity contribution in [3.63, 3.8) is 0 Å². The van der Waals surface area contributed by atoms with Gasteiger partial charge in [0.25, 0.3) is 11.5 Å². The van der Waals surface area contributed by atoms with Gasteiger partial charge in [-0.05, 0) is 30.2 Å². The van der Waals surface area contributed by atoms with Crippen molar-refractivity contribution in [2.24, 2.45) is 0 Å². The second-order valence-electron chi connectivity index (χ2n) is 6.92. The second kappa shape index (κ2) is 8.54. The van der Waals surface area contributed by atoms with Crippen molar-refractivity contribution in [2.45, 2.75) is 25.8 Å². The molecule has 1 aliphatic rings. The summed E-state index contributed by atoms with van der Waals surface area (Å²) >= 11 is 1.32. The Morgan fingerprint density at radius 1 is 1.10 bits per heavy atom. The number of benzene rings is 1. The molecule has 8 heteroatoms. The standard InChI is InChI=1S/C22H20N4O3S/c1-15-18-14-30-19(20(27)24-11-16-7-9-23-10-8-16)13-25(18)22(29)26(21(15)28)12-17-5-3-2-4-6-17/h2-10,13H,11-12,14H2,1H3,(H,24,27). The highest BCUT2D eigenvalue weighted by molar-refractivity contribution is 8.03. The first-order chi connectivity index (χ1) is 14.5. The van der Waals surface area contributed by atoms with Gasteiger partial charge in [0.15, 0.2) is 0 Å². The van der Waals surface area contributed by atoms with Crippen LogP contribution < -0.4 is 16.6 Å². The third-order valence-corrected chi connectivity index (χ3v) is 5.97. The van der Waals surface area contributed by atoms with Crippen molar-refractivity contribution < 1.29 is 4.79 Å². The van der Waals surface area contributed by atoms with Gasteiger partial charge in [-0.2, -0.15) is 0 Å². The van der Waals surface area contributed by atoms with Crippen LogP contribution in [0.3, 0.4) is 0 Å². The Morgan fingerprint density at radius 3 is 2.57 bits per heavy atom. The lowest BCUT2D eigenvalue weighted by atomic mass is 10.2. The van der Waals surface area contributed by atoms with E-state index in [0.29, 0.717) is 28.5 Å². The second-order valence-corrected chi connectivity index (χ2v) is 7.94. The van der Waals surface area contributed by atoms with E-state index in [1.807, 2.05) is 42.5 Å². The van der Waals surface area contributed by atoms with E-state index in [2.05, 4.69) is 10.3 Å². The molecule has 0 saturated carbocycles. The zero-order chi connectivity index (χ0) is 21.1. The summed E-state index contributed by atoms with van der Waals surface area (Å²) in [5, 5.41) is 2.86. The molecule has 0 bridgehead atoms. The number of carbonyl (C=O) groups is 1. The molecule has 30 heavy (non-hydrogen) atoms. The van der Waals surface area contributed by atoms with Gasteiger partial charge in [0.1, 0.15) is 0 Å². The summed E-state index contributed by atoms with van der Waals surface area (Å²) in [6.07, 6.45) is 4.86. The molecule has 1 aliphatic heterocycles. The average Bonchev–Trinajstić information content (AvgIpc) is 2.80. The molecule has 0 radical (unpaired) electrons. The van der Waals surface area contributed by atoms with Gasteiger partial charge < -0.3 is 5.32 Å². The Labute approximate surface area is 177 Å². The lowest BCUT2D eigenvalue weighted by Crippen LogP contribution is -2.42. The lowest BCUT2D eigenvalue weighted by molar-refractivity contribution is -0.116. The van der Waals surface area contributed by atoms with Gasteiger partial charge in [0.05, 0.1) is 11.4 Å². The summed E-state index contributed by atoms with van der Waals surface area (Å²) in [5.74, 6) is 0.129. The van der Waals surface area contributed by atoms with Crippen LogP contribution in [0.5, 0.6) is 0 Å². The van der Waals surface area contributed by atoms with Gasteiger partial charge in [0, 0.05) is 42.1 Å². The Kier molecular flexibility index (Phi) is 5.67. The van der Waals surface area contributed by atoms with Crippen LogP contribution in [-0.2, 0) is 23.6 Å². The normalized spacial score (nSPS) is 12.8. The van der Waals surface area contributed by atoms with Crippen LogP contribution in [0, 0.1) is 6.92 Å². The Balaban J connectivity index is 1.64. The zero-order valence-corrected chi connectivity index (χ0v) is 17.2. The molecule has 1 amide bonds. The topological polar surface area (TPSA) is 86.0 Å². The van der Waals surface area contributed by atoms with E-state index < -0.39 is 5.69 Å². The molecule has 0 spiro atoms. The van der Waals surface area contributed by atoms with E-state index in [9.17, 15) is 14.4 Å². The van der Waals surface area contributed by atoms with Crippen molar-refractivity contribution >= 4 is 23.9 Å². The summed E-state index contributed by atoms with van der Waals surface area (Å²) in [6, 6.07) is 13.0. The van der Waals surface area contributed by atoms with Crippen molar-refractivity contribution in [3.05, 3.63) is 103 Å². The first-order valence-corrected chi connectivity index (χ1v) is 10.4. The van der Waals surface area contributed by atoms with Crippen molar-refractivity contribution in [1.29, 1.82) is 0 Å². The van der Waals surface area contributed by atoms with Gasteiger partial charge >= 0.3 is 5.69 Å². The van der Waals surface area contributed by atoms with E-state index >= 15 is 0 Å². The van der Waals surface area contributed by atoms with Gasteiger partial charge in [-0.25, -0.2) is 4.79 Å². The maximum absolute atomic E-state index is 13.1. The smallest absolute Gasteiger partial charge is 0.335 e. The number of fused-ring (bicyclic) bond motifs is 1. The summed E-state index contributed by atoms with van der Waals surface area (Å²) in [5.41, 5.74) is 2.21. The number of hydrogen-bond acceptors (Lipinski definition) is 5. The van der Waals surface area contributed by atoms with Crippen LogP contribution >= 0.6 is 11.8 Å². The Bertz CT molecular complexity index is 1230. The number of carbonyl (C=O) groups excluding carboxylic acids is 1. The number of hydrogen-bond donors (Lipinski definition) is 1. The molecule has 3 heterocycles. The third-order valence-electron chi connectivity index (χ3n) is 4.95. The van der Waals surface area contributed by atoms with Crippen LogP contribution in [0.15, 0.2) is 69.4 Å². The Morgan fingerprint density at radius 2 is 1.83 bits per heavy atom. The highest BCUT2D eigenvalue weighted by atomic mass is 32.2. The van der Waals surface area contributed by atoms with Crippen LogP contribution in [0.2, 0.25) is 0 Å². The fraction of sp³-hybridized carbons (Fsp3) is 0.182. The van der Waals surface area contributed by atoms with Crippen LogP contribution in [0.1, 0.15) is 22.4 Å². The molecule has 1 N–H and O–H groups in total. The molecule has 3 aromatic rings. The predicted molar refractivity (Wildman–Crippen MR) is 117 cm³/mol. The van der Waals surface area contributed by atoms with Crippen LogP contribution in [0.25, 0.3) is 6.20 Å². The van der Waals surface area contributed by atoms with Gasteiger partial charge in [-0.15, -0.1) is 11.8 Å². The number of nitrogens with zero attached hydrogens (tertiary/aromatic N) is 3. The maximum atomic E-state index is 13.1. The zero-order valence-electron chi connectivity index (χ0n) is 16.4. The highest BCUT2D eigenvalue weighted by Crippen LogP contribution is 2.27. The molecular formula is C22H20N4O3S. The van der Waals surface area contributed by atoms with Crippen LogP contribution in [-0.4, -0.2) is 20.0 Å². The number of amides is 1. The molecule has 1 aromatic carbocycles. The molecule has 7 nitrogen and oxygen atoms in total. The van der Waals surface area contributed by atoms with Crippen LogP contribution in [0.4, 0.5) is 0 Å². The van der Waals surface area contributed by atoms with Gasteiger partial charge in [0.2, 0.25) is 0 Å². The monoisotopic (exact) mass is 420 g/mol. The molecule has 0 unspecified atom stereocenters. The number of pyridine rings is 1. The highest BCUT2D eigenvalue weighted by Gasteiger charge is 2.22. The van der Waals surface area contributed by atoms with Gasteiger partial charge in [-0.1, -0.05) is 30.3 Å². The molecular weight excluding hydrogens is 400 g/mol. The summed E-state index contributed by atoms with van der Waals surface area (Å²) < 4.78 is 2.64. The molecule has 0 atom stereocenters. The largest absolute Gasteiger partial charge is 0.347 e. The molecule has 152 valence electrons. The summed E-state index contributed by atoms with van der Waals surface area (Å²) in [6.45, 7) is 2.27. The number of rotatable bonds is 5.